The van der Waals surface area contributed by atoms with E-state index in [1.165, 1.54) is 0 Å². The fraction of sp³-hybridized carbons (Fsp3) is 0.571. The molecule has 1 aromatic rings. The summed E-state index contributed by atoms with van der Waals surface area (Å²) in [5.74, 6) is 0. The molecule has 1 aromatic heterocycles. The quantitative estimate of drug-likeness (QED) is 0.514. The van der Waals surface area contributed by atoms with Crippen LogP contribution in [0.3, 0.4) is 0 Å². The van der Waals surface area contributed by atoms with Gasteiger partial charge in [-0.15, -0.1) is 0 Å². The molecule has 0 spiro atoms. The van der Waals surface area contributed by atoms with Gasteiger partial charge in [0.05, 0.1) is 5.69 Å². The Bertz CT molecular complexity index is 226. The Morgan fingerprint density at radius 3 is 3.09 bits per heavy atom. The SMILES string of the molecule is O[C@@]1(c2ccn[nH]2)CCNC1. The number of aromatic nitrogens is 2. The summed E-state index contributed by atoms with van der Waals surface area (Å²) in [4.78, 5) is 0. The standard InChI is InChI=1S/C7H11N3O/c11-7(2-4-8-5-7)6-1-3-9-10-6/h1,3,8,11H,2,4-5H2,(H,9,10)/t7-/m0/s1. The number of nitrogens with zero attached hydrogens (tertiary/aromatic N) is 1. The third-order valence-electron chi connectivity index (χ3n) is 2.13. The predicted octanol–water partition coefficient (Wildman–Crippen LogP) is -0.409. The van der Waals surface area contributed by atoms with E-state index in [4.69, 9.17) is 0 Å². The minimum absolute atomic E-state index is 0.620. The highest BCUT2D eigenvalue weighted by Crippen LogP contribution is 2.24. The van der Waals surface area contributed by atoms with Crippen LogP contribution in [-0.4, -0.2) is 28.4 Å². The number of H-pyrrole nitrogens is 1. The zero-order valence-corrected chi connectivity index (χ0v) is 6.17. The van der Waals surface area contributed by atoms with E-state index in [1.54, 1.807) is 6.20 Å². The van der Waals surface area contributed by atoms with Gasteiger partial charge in [-0.25, -0.2) is 0 Å². The Kier molecular flexibility index (Phi) is 1.44. The van der Waals surface area contributed by atoms with Gasteiger partial charge in [0.1, 0.15) is 5.60 Å². The summed E-state index contributed by atoms with van der Waals surface area (Å²) in [6, 6.07) is 1.81. The second-order valence-corrected chi connectivity index (χ2v) is 2.93. The van der Waals surface area contributed by atoms with Gasteiger partial charge in [-0.3, -0.25) is 5.10 Å². The van der Waals surface area contributed by atoms with Crippen molar-refractivity contribution in [2.24, 2.45) is 0 Å². The Morgan fingerprint density at radius 1 is 1.64 bits per heavy atom. The van der Waals surface area contributed by atoms with E-state index in [-0.39, 0.29) is 0 Å². The van der Waals surface area contributed by atoms with Crippen molar-refractivity contribution in [2.75, 3.05) is 13.1 Å². The highest BCUT2D eigenvalue weighted by atomic mass is 16.3. The molecule has 11 heavy (non-hydrogen) atoms. The maximum Gasteiger partial charge on any atom is 0.119 e. The summed E-state index contributed by atoms with van der Waals surface area (Å²) in [5.41, 5.74) is 0.0961. The van der Waals surface area contributed by atoms with Crippen molar-refractivity contribution in [1.29, 1.82) is 0 Å². The molecule has 1 atom stereocenters. The number of nitrogens with one attached hydrogen (secondary N) is 2. The summed E-state index contributed by atoms with van der Waals surface area (Å²) in [7, 11) is 0. The fourth-order valence-corrected chi connectivity index (χ4v) is 1.42. The van der Waals surface area contributed by atoms with Crippen molar-refractivity contribution in [3.63, 3.8) is 0 Å². The lowest BCUT2D eigenvalue weighted by Crippen LogP contribution is -2.28. The van der Waals surface area contributed by atoms with Gasteiger partial charge in [-0.1, -0.05) is 0 Å². The maximum atomic E-state index is 9.92. The first-order valence-corrected chi connectivity index (χ1v) is 3.74. The number of aromatic amines is 1. The molecule has 0 unspecified atom stereocenters. The third kappa shape index (κ3) is 1.04. The van der Waals surface area contributed by atoms with E-state index >= 15 is 0 Å². The van der Waals surface area contributed by atoms with Crippen LogP contribution in [0, 0.1) is 0 Å². The molecule has 1 saturated heterocycles. The topological polar surface area (TPSA) is 60.9 Å². The van der Waals surface area contributed by atoms with E-state index in [2.05, 4.69) is 15.5 Å². The van der Waals surface area contributed by atoms with Crippen LogP contribution in [0.15, 0.2) is 12.3 Å². The minimum atomic E-state index is -0.712. The van der Waals surface area contributed by atoms with Gasteiger partial charge in [0.25, 0.3) is 0 Å². The average Bonchev–Trinajstić information content (AvgIpc) is 2.55. The molecule has 2 rings (SSSR count). The molecular formula is C7H11N3O. The molecule has 60 valence electrons. The second-order valence-electron chi connectivity index (χ2n) is 2.93. The molecule has 1 aliphatic heterocycles. The molecule has 0 saturated carbocycles. The summed E-state index contributed by atoms with van der Waals surface area (Å²) in [6.45, 7) is 1.49. The molecular weight excluding hydrogens is 142 g/mol. The van der Waals surface area contributed by atoms with E-state index in [0.29, 0.717) is 6.54 Å². The fourth-order valence-electron chi connectivity index (χ4n) is 1.42. The summed E-state index contributed by atoms with van der Waals surface area (Å²) >= 11 is 0. The van der Waals surface area contributed by atoms with Crippen molar-refractivity contribution in [2.45, 2.75) is 12.0 Å². The molecule has 2 heterocycles. The molecule has 1 aliphatic rings. The van der Waals surface area contributed by atoms with Crippen LogP contribution in [0.5, 0.6) is 0 Å². The Hall–Kier alpha value is -0.870. The van der Waals surface area contributed by atoms with E-state index in [0.717, 1.165) is 18.7 Å². The smallest absolute Gasteiger partial charge is 0.119 e. The van der Waals surface area contributed by atoms with Crippen molar-refractivity contribution < 1.29 is 5.11 Å². The predicted molar refractivity (Wildman–Crippen MR) is 40.0 cm³/mol. The summed E-state index contributed by atoms with van der Waals surface area (Å²) in [5, 5.41) is 19.6. The van der Waals surface area contributed by atoms with Gasteiger partial charge in [-0.05, 0) is 19.0 Å². The Balaban J connectivity index is 2.27. The molecule has 4 nitrogen and oxygen atoms in total. The Labute approximate surface area is 64.6 Å². The van der Waals surface area contributed by atoms with Gasteiger partial charge in [0.2, 0.25) is 0 Å². The van der Waals surface area contributed by atoms with Crippen molar-refractivity contribution >= 4 is 0 Å². The Morgan fingerprint density at radius 2 is 2.55 bits per heavy atom. The van der Waals surface area contributed by atoms with Crippen LogP contribution in [0.1, 0.15) is 12.1 Å². The first-order valence-electron chi connectivity index (χ1n) is 3.74. The lowest BCUT2D eigenvalue weighted by molar-refractivity contribution is 0.0541. The first-order chi connectivity index (χ1) is 5.31. The highest BCUT2D eigenvalue weighted by Gasteiger charge is 2.33. The zero-order valence-electron chi connectivity index (χ0n) is 6.17. The molecule has 0 aliphatic carbocycles. The molecule has 0 bridgehead atoms. The zero-order chi connectivity index (χ0) is 7.73. The van der Waals surface area contributed by atoms with Crippen LogP contribution in [0.2, 0.25) is 0 Å². The number of β-amino-alcohol motifs (C(OH)–C–C–N with tert-alkyl or cyclic N) is 1. The lowest BCUT2D eigenvalue weighted by atomic mass is 10.00. The number of hydrogen-bond acceptors (Lipinski definition) is 3. The number of aliphatic hydroxyl groups is 1. The average molecular weight is 153 g/mol. The van der Waals surface area contributed by atoms with Crippen LogP contribution in [0.4, 0.5) is 0 Å². The number of rotatable bonds is 1. The molecule has 4 heteroatoms. The molecule has 0 radical (unpaired) electrons. The maximum absolute atomic E-state index is 9.92. The summed E-state index contributed by atoms with van der Waals surface area (Å²) < 4.78 is 0. The second kappa shape index (κ2) is 2.32. The normalized spacial score (nSPS) is 31.0. The van der Waals surface area contributed by atoms with Crippen LogP contribution >= 0.6 is 0 Å². The third-order valence-corrected chi connectivity index (χ3v) is 2.13. The molecule has 1 fully saturated rings. The minimum Gasteiger partial charge on any atom is -0.382 e. The van der Waals surface area contributed by atoms with E-state index in [9.17, 15) is 5.11 Å². The molecule has 3 N–H and O–H groups in total. The highest BCUT2D eigenvalue weighted by molar-refractivity contribution is 5.12. The first kappa shape index (κ1) is 6.82. The van der Waals surface area contributed by atoms with E-state index < -0.39 is 5.60 Å². The monoisotopic (exact) mass is 153 g/mol. The number of hydrogen-bond donors (Lipinski definition) is 3. The van der Waals surface area contributed by atoms with E-state index in [1.807, 2.05) is 6.07 Å². The van der Waals surface area contributed by atoms with Crippen molar-refractivity contribution in [3.05, 3.63) is 18.0 Å². The van der Waals surface area contributed by atoms with Crippen LogP contribution in [0.25, 0.3) is 0 Å². The van der Waals surface area contributed by atoms with Crippen molar-refractivity contribution in [1.82, 2.24) is 15.5 Å². The van der Waals surface area contributed by atoms with Crippen molar-refractivity contribution in [3.8, 4) is 0 Å². The molecule has 0 aromatic carbocycles. The van der Waals surface area contributed by atoms with Gasteiger partial charge in [-0.2, -0.15) is 5.10 Å². The largest absolute Gasteiger partial charge is 0.382 e. The van der Waals surface area contributed by atoms with Crippen LogP contribution in [-0.2, 0) is 5.60 Å². The summed E-state index contributed by atoms with van der Waals surface area (Å²) in [6.07, 6.45) is 2.42. The van der Waals surface area contributed by atoms with Gasteiger partial charge in [0.15, 0.2) is 0 Å². The van der Waals surface area contributed by atoms with Crippen LogP contribution < -0.4 is 5.32 Å². The lowest BCUT2D eigenvalue weighted by Gasteiger charge is -2.18. The van der Waals surface area contributed by atoms with Gasteiger partial charge in [0, 0.05) is 12.7 Å². The van der Waals surface area contributed by atoms with Gasteiger partial charge < -0.3 is 10.4 Å². The van der Waals surface area contributed by atoms with Gasteiger partial charge >= 0.3 is 0 Å². The molecule has 0 amide bonds.